The monoisotopic (exact) mass is 425 g/mol. The second kappa shape index (κ2) is 10.0. The number of hydrogen-bond donors (Lipinski definition) is 1. The van der Waals surface area contributed by atoms with Crippen LogP contribution in [0.15, 0.2) is 66.1 Å². The van der Waals surface area contributed by atoms with Gasteiger partial charge < -0.3 is 9.47 Å². The van der Waals surface area contributed by atoms with Gasteiger partial charge in [0.2, 0.25) is 10.0 Å². The number of sulfonamides is 1. The first kappa shape index (κ1) is 22.3. The third kappa shape index (κ3) is 7.52. The quantitative estimate of drug-likeness (QED) is 0.518. The molecule has 0 aliphatic carbocycles. The zero-order valence-electron chi connectivity index (χ0n) is 15.2. The van der Waals surface area contributed by atoms with E-state index in [0.29, 0.717) is 12.2 Å². The number of hydrogen-bond acceptors (Lipinski definition) is 4. The molecule has 29 heavy (non-hydrogen) atoms. The maximum atomic E-state index is 12.1. The van der Waals surface area contributed by atoms with Gasteiger partial charge >= 0.3 is 6.36 Å². The first-order chi connectivity index (χ1) is 13.7. The van der Waals surface area contributed by atoms with E-state index in [1.165, 1.54) is 0 Å². The molecular formula is C20H18F3NO4S. The zero-order chi connectivity index (χ0) is 21.3. The van der Waals surface area contributed by atoms with E-state index in [1.807, 2.05) is 18.2 Å². The standard InChI is InChI=1S/C20H18F3NO4S/c1-2-7-16-8-3-4-9-19(16)27-15-6-5-14-24-29(25,26)18-12-10-17(11-13-18)28-20(21,22)23/h2-4,8-13,24H,1,7,14-15H2. The van der Waals surface area contributed by atoms with Crippen LogP contribution in [0.25, 0.3) is 0 Å². The summed E-state index contributed by atoms with van der Waals surface area (Å²) >= 11 is 0. The lowest BCUT2D eigenvalue weighted by Gasteiger charge is -2.09. The molecule has 0 saturated carbocycles. The van der Waals surface area contributed by atoms with Crippen LogP contribution >= 0.6 is 0 Å². The molecule has 0 saturated heterocycles. The van der Waals surface area contributed by atoms with Crippen molar-refractivity contribution in [1.82, 2.24) is 4.72 Å². The smallest absolute Gasteiger partial charge is 0.481 e. The first-order valence-corrected chi connectivity index (χ1v) is 9.82. The van der Waals surface area contributed by atoms with Crippen molar-refractivity contribution >= 4 is 10.0 Å². The van der Waals surface area contributed by atoms with Crippen molar-refractivity contribution in [3.63, 3.8) is 0 Å². The molecule has 9 heteroatoms. The molecule has 0 unspecified atom stereocenters. The molecule has 0 aliphatic heterocycles. The van der Waals surface area contributed by atoms with Gasteiger partial charge in [-0.1, -0.05) is 36.1 Å². The Labute approximate surface area is 167 Å². The molecule has 0 radical (unpaired) electrons. The molecule has 0 heterocycles. The lowest BCUT2D eigenvalue weighted by Crippen LogP contribution is -2.24. The molecule has 2 aromatic rings. The summed E-state index contributed by atoms with van der Waals surface area (Å²) in [6.45, 7) is 3.57. The van der Waals surface area contributed by atoms with Crippen molar-refractivity contribution in [1.29, 1.82) is 0 Å². The van der Waals surface area contributed by atoms with Crippen molar-refractivity contribution in [2.24, 2.45) is 0 Å². The molecule has 0 aromatic heterocycles. The molecule has 1 N–H and O–H groups in total. The number of ether oxygens (including phenoxy) is 2. The minimum absolute atomic E-state index is 0.0688. The molecule has 2 aromatic carbocycles. The molecule has 0 bridgehead atoms. The normalized spacial score (nSPS) is 11.3. The van der Waals surface area contributed by atoms with Crippen LogP contribution in [0.4, 0.5) is 13.2 Å². The third-order valence-electron chi connectivity index (χ3n) is 3.48. The van der Waals surface area contributed by atoms with Crippen LogP contribution in [0.5, 0.6) is 11.5 Å². The minimum atomic E-state index is -4.84. The number of alkyl halides is 3. The first-order valence-electron chi connectivity index (χ1n) is 8.34. The van der Waals surface area contributed by atoms with Gasteiger partial charge in [0.15, 0.2) is 0 Å². The molecule has 154 valence electrons. The van der Waals surface area contributed by atoms with Crippen LogP contribution in [0, 0.1) is 11.8 Å². The number of allylic oxidation sites excluding steroid dienone is 1. The highest BCUT2D eigenvalue weighted by Crippen LogP contribution is 2.23. The summed E-state index contributed by atoms with van der Waals surface area (Å²) < 4.78 is 72.1. The van der Waals surface area contributed by atoms with E-state index >= 15 is 0 Å². The van der Waals surface area contributed by atoms with Crippen LogP contribution in [0.1, 0.15) is 5.56 Å². The van der Waals surface area contributed by atoms with E-state index in [-0.39, 0.29) is 18.0 Å². The Balaban J connectivity index is 1.86. The van der Waals surface area contributed by atoms with Crippen LogP contribution in [0.2, 0.25) is 0 Å². The van der Waals surface area contributed by atoms with Crippen LogP contribution in [-0.4, -0.2) is 27.9 Å². The lowest BCUT2D eigenvalue weighted by molar-refractivity contribution is -0.274. The maximum absolute atomic E-state index is 12.1. The highest BCUT2D eigenvalue weighted by molar-refractivity contribution is 7.89. The molecule has 0 spiro atoms. The van der Waals surface area contributed by atoms with Crippen LogP contribution < -0.4 is 14.2 Å². The van der Waals surface area contributed by atoms with E-state index in [9.17, 15) is 21.6 Å². The largest absolute Gasteiger partial charge is 0.573 e. The van der Waals surface area contributed by atoms with Gasteiger partial charge in [-0.05, 0) is 42.3 Å². The average Bonchev–Trinajstić information content (AvgIpc) is 2.65. The second-order valence-corrected chi connectivity index (χ2v) is 7.35. The molecule has 5 nitrogen and oxygen atoms in total. The molecule has 0 aliphatic rings. The second-order valence-electron chi connectivity index (χ2n) is 5.59. The van der Waals surface area contributed by atoms with E-state index in [1.54, 1.807) is 12.1 Å². The lowest BCUT2D eigenvalue weighted by atomic mass is 10.1. The molecule has 2 rings (SSSR count). The SMILES string of the molecule is C=CCc1ccccc1OCC#CCNS(=O)(=O)c1ccc(OC(F)(F)F)cc1. The Morgan fingerprint density at radius 1 is 1.07 bits per heavy atom. The third-order valence-corrected chi connectivity index (χ3v) is 4.90. The highest BCUT2D eigenvalue weighted by atomic mass is 32.2. The number of para-hydroxylation sites is 1. The minimum Gasteiger partial charge on any atom is -0.481 e. The van der Waals surface area contributed by atoms with Gasteiger partial charge in [0.25, 0.3) is 0 Å². The van der Waals surface area contributed by atoms with Gasteiger partial charge in [-0.3, -0.25) is 0 Å². The van der Waals surface area contributed by atoms with E-state index in [4.69, 9.17) is 4.74 Å². The number of rotatable bonds is 8. The van der Waals surface area contributed by atoms with Crippen molar-refractivity contribution in [2.45, 2.75) is 17.7 Å². The predicted octanol–water partition coefficient (Wildman–Crippen LogP) is 3.67. The topological polar surface area (TPSA) is 64.6 Å². The number of nitrogens with one attached hydrogen (secondary N) is 1. The van der Waals surface area contributed by atoms with Gasteiger partial charge in [0.1, 0.15) is 18.1 Å². The van der Waals surface area contributed by atoms with E-state index in [0.717, 1.165) is 29.8 Å². The average molecular weight is 425 g/mol. The van der Waals surface area contributed by atoms with Gasteiger partial charge in [-0.2, -0.15) is 4.72 Å². The van der Waals surface area contributed by atoms with Gasteiger partial charge in [0, 0.05) is 0 Å². The Morgan fingerprint density at radius 3 is 2.41 bits per heavy atom. The predicted molar refractivity (Wildman–Crippen MR) is 102 cm³/mol. The van der Waals surface area contributed by atoms with Gasteiger partial charge in [-0.15, -0.1) is 19.8 Å². The van der Waals surface area contributed by atoms with Crippen molar-refractivity contribution in [2.75, 3.05) is 13.2 Å². The Bertz CT molecular complexity index is 991. The summed E-state index contributed by atoms with van der Waals surface area (Å²) in [7, 11) is -3.92. The van der Waals surface area contributed by atoms with Crippen molar-refractivity contribution in [3.05, 3.63) is 66.7 Å². The molecule has 0 fully saturated rings. The van der Waals surface area contributed by atoms with Gasteiger partial charge in [-0.25, -0.2) is 8.42 Å². The number of benzene rings is 2. The molecule has 0 amide bonds. The van der Waals surface area contributed by atoms with Crippen LogP contribution in [-0.2, 0) is 16.4 Å². The number of halogens is 3. The molecular weight excluding hydrogens is 407 g/mol. The van der Waals surface area contributed by atoms with E-state index < -0.39 is 22.1 Å². The summed E-state index contributed by atoms with van der Waals surface area (Å²) in [6, 6.07) is 11.3. The Kier molecular flexibility index (Phi) is 7.70. The molecule has 0 atom stereocenters. The Hall–Kier alpha value is -2.96. The van der Waals surface area contributed by atoms with Gasteiger partial charge in [0.05, 0.1) is 11.4 Å². The zero-order valence-corrected chi connectivity index (χ0v) is 16.0. The summed E-state index contributed by atoms with van der Waals surface area (Å²) in [5, 5.41) is 0. The van der Waals surface area contributed by atoms with Crippen LogP contribution in [0.3, 0.4) is 0 Å². The van der Waals surface area contributed by atoms with Crippen molar-refractivity contribution < 1.29 is 31.1 Å². The maximum Gasteiger partial charge on any atom is 0.573 e. The highest BCUT2D eigenvalue weighted by Gasteiger charge is 2.31. The summed E-state index contributed by atoms with van der Waals surface area (Å²) in [6.07, 6.45) is -2.44. The summed E-state index contributed by atoms with van der Waals surface area (Å²) in [5.74, 6) is 5.47. The summed E-state index contributed by atoms with van der Waals surface area (Å²) in [4.78, 5) is -0.205. The fraction of sp³-hybridized carbons (Fsp3) is 0.200. The van der Waals surface area contributed by atoms with E-state index in [2.05, 4.69) is 27.9 Å². The fourth-order valence-electron chi connectivity index (χ4n) is 2.23. The Morgan fingerprint density at radius 2 is 1.76 bits per heavy atom. The fourth-order valence-corrected chi connectivity index (χ4v) is 3.15. The van der Waals surface area contributed by atoms with Crippen molar-refractivity contribution in [3.8, 4) is 23.3 Å². The summed E-state index contributed by atoms with van der Waals surface area (Å²) in [5.41, 5.74) is 0.961.